The molecule has 0 spiro atoms. The SMILES string of the molecule is CC(N)(Cc1ccc(Nc2ncc3c(n2)-c2ccc(Cl)cc2C(c2c(F)cccc2F)=NC3)cc1)C(N)=O. The Bertz CT molecular complexity index is 1570. The van der Waals surface area contributed by atoms with Gasteiger partial charge in [-0.3, -0.25) is 9.79 Å². The van der Waals surface area contributed by atoms with Crippen LogP contribution < -0.4 is 16.8 Å². The van der Waals surface area contributed by atoms with E-state index in [1.54, 1.807) is 31.3 Å². The van der Waals surface area contributed by atoms with Crippen molar-refractivity contribution in [3.05, 3.63) is 106 Å². The van der Waals surface area contributed by atoms with Crippen LogP contribution in [0.1, 0.15) is 29.2 Å². The lowest BCUT2D eigenvalue weighted by Gasteiger charge is -2.20. The zero-order chi connectivity index (χ0) is 27.0. The van der Waals surface area contributed by atoms with E-state index in [2.05, 4.69) is 15.3 Å². The van der Waals surface area contributed by atoms with Gasteiger partial charge < -0.3 is 16.8 Å². The Hall–Kier alpha value is -4.21. The van der Waals surface area contributed by atoms with Crippen molar-refractivity contribution >= 4 is 34.9 Å². The first-order valence-corrected chi connectivity index (χ1v) is 12.1. The van der Waals surface area contributed by atoms with Crippen molar-refractivity contribution in [1.29, 1.82) is 0 Å². The second-order valence-electron chi connectivity index (χ2n) is 9.30. The van der Waals surface area contributed by atoms with Crippen LogP contribution in [-0.4, -0.2) is 27.1 Å². The minimum absolute atomic E-state index is 0.122. The molecule has 5 rings (SSSR count). The van der Waals surface area contributed by atoms with Gasteiger partial charge in [-0.1, -0.05) is 35.9 Å². The molecule has 0 saturated carbocycles. The standard InChI is InChI=1S/C28H23ClF2N6O/c1-28(33,26(32)38)12-15-5-8-18(9-6-15)36-27-35-14-16-13-34-25(23-21(30)3-2-4-22(23)31)20-11-17(29)7-10-19(20)24(16)37-27/h2-11,14H,12-13,33H2,1H3,(H2,32,38)(H,35,36,37). The molecule has 0 radical (unpaired) electrons. The number of benzene rings is 3. The van der Waals surface area contributed by atoms with Gasteiger partial charge in [0.1, 0.15) is 11.6 Å². The summed E-state index contributed by atoms with van der Waals surface area (Å²) in [5, 5.41) is 3.56. The minimum Gasteiger partial charge on any atom is -0.368 e. The highest BCUT2D eigenvalue weighted by Crippen LogP contribution is 2.34. The Labute approximate surface area is 222 Å². The summed E-state index contributed by atoms with van der Waals surface area (Å²) in [7, 11) is 0. The molecule has 0 aliphatic carbocycles. The van der Waals surface area contributed by atoms with E-state index in [1.807, 2.05) is 24.3 Å². The number of nitrogens with one attached hydrogen (secondary N) is 1. The molecule has 2 heterocycles. The van der Waals surface area contributed by atoms with Crippen molar-refractivity contribution in [2.75, 3.05) is 5.32 Å². The molecule has 3 aromatic carbocycles. The Morgan fingerprint density at radius 2 is 1.79 bits per heavy atom. The first kappa shape index (κ1) is 25.4. The fourth-order valence-electron chi connectivity index (χ4n) is 4.27. The largest absolute Gasteiger partial charge is 0.368 e. The van der Waals surface area contributed by atoms with Crippen LogP contribution in [0.2, 0.25) is 5.02 Å². The Kier molecular flexibility index (Phi) is 6.64. The number of aliphatic imine (C=N–C) groups is 1. The average molecular weight is 533 g/mol. The van der Waals surface area contributed by atoms with Gasteiger partial charge in [-0.05, 0) is 55.3 Å². The van der Waals surface area contributed by atoms with E-state index in [4.69, 9.17) is 28.1 Å². The van der Waals surface area contributed by atoms with Gasteiger partial charge in [0.25, 0.3) is 0 Å². The summed E-state index contributed by atoms with van der Waals surface area (Å²) in [5.41, 5.74) is 14.0. The average Bonchev–Trinajstić information content (AvgIpc) is 3.02. The van der Waals surface area contributed by atoms with E-state index in [-0.39, 0.29) is 17.8 Å². The maximum atomic E-state index is 14.7. The van der Waals surface area contributed by atoms with Gasteiger partial charge in [0.2, 0.25) is 11.9 Å². The van der Waals surface area contributed by atoms with Gasteiger partial charge >= 0.3 is 0 Å². The number of halogens is 3. The summed E-state index contributed by atoms with van der Waals surface area (Å²) in [4.78, 5) is 25.2. The number of anilines is 2. The molecule has 1 aromatic heterocycles. The highest BCUT2D eigenvalue weighted by atomic mass is 35.5. The normalized spacial score (nSPS) is 14.0. The maximum absolute atomic E-state index is 14.7. The van der Waals surface area contributed by atoms with Gasteiger partial charge in [-0.2, -0.15) is 0 Å². The Morgan fingerprint density at radius 3 is 2.47 bits per heavy atom. The van der Waals surface area contributed by atoms with E-state index < -0.39 is 23.1 Å². The number of fused-ring (bicyclic) bond motifs is 3. The zero-order valence-electron chi connectivity index (χ0n) is 20.3. The zero-order valence-corrected chi connectivity index (χ0v) is 21.1. The molecule has 1 aliphatic heterocycles. The van der Waals surface area contributed by atoms with E-state index in [0.717, 1.165) is 5.56 Å². The van der Waals surface area contributed by atoms with Gasteiger partial charge in [-0.15, -0.1) is 0 Å². The molecule has 0 bridgehead atoms. The van der Waals surface area contributed by atoms with Crippen molar-refractivity contribution < 1.29 is 13.6 Å². The number of amides is 1. The molecule has 192 valence electrons. The number of primary amides is 1. The van der Waals surface area contributed by atoms with Crippen LogP contribution in [0.25, 0.3) is 11.3 Å². The van der Waals surface area contributed by atoms with Crippen LogP contribution >= 0.6 is 11.6 Å². The monoisotopic (exact) mass is 532 g/mol. The summed E-state index contributed by atoms with van der Waals surface area (Å²) in [6.07, 6.45) is 1.93. The van der Waals surface area contributed by atoms with Crippen LogP contribution in [0, 0.1) is 11.6 Å². The highest BCUT2D eigenvalue weighted by molar-refractivity contribution is 6.31. The molecular weight excluding hydrogens is 510 g/mol. The number of nitrogens with zero attached hydrogens (tertiary/aromatic N) is 3. The Balaban J connectivity index is 1.49. The summed E-state index contributed by atoms with van der Waals surface area (Å²) < 4.78 is 29.5. The lowest BCUT2D eigenvalue weighted by Crippen LogP contribution is -2.51. The predicted octanol–water partition coefficient (Wildman–Crippen LogP) is 4.92. The van der Waals surface area contributed by atoms with Gasteiger partial charge in [0.05, 0.1) is 29.1 Å². The van der Waals surface area contributed by atoms with Crippen molar-refractivity contribution in [2.24, 2.45) is 16.5 Å². The minimum atomic E-state index is -1.15. The molecule has 0 fully saturated rings. The molecule has 0 saturated heterocycles. The van der Waals surface area contributed by atoms with Crippen molar-refractivity contribution in [2.45, 2.75) is 25.4 Å². The van der Waals surface area contributed by atoms with Crippen LogP contribution in [-0.2, 0) is 17.8 Å². The molecule has 10 heteroatoms. The van der Waals surface area contributed by atoms with Gasteiger partial charge in [-0.25, -0.2) is 18.7 Å². The van der Waals surface area contributed by atoms with E-state index in [0.29, 0.717) is 45.5 Å². The van der Waals surface area contributed by atoms with Crippen LogP contribution in [0.15, 0.2) is 71.9 Å². The number of aromatic nitrogens is 2. The number of hydrogen-bond acceptors (Lipinski definition) is 6. The number of carbonyl (C=O) groups excluding carboxylic acids is 1. The van der Waals surface area contributed by atoms with Crippen molar-refractivity contribution in [1.82, 2.24) is 9.97 Å². The summed E-state index contributed by atoms with van der Waals surface area (Å²) >= 11 is 6.28. The molecule has 1 amide bonds. The third-order valence-corrected chi connectivity index (χ3v) is 6.54. The smallest absolute Gasteiger partial charge is 0.237 e. The summed E-state index contributed by atoms with van der Waals surface area (Å²) in [6, 6.07) is 16.1. The van der Waals surface area contributed by atoms with E-state index in [1.165, 1.54) is 18.2 Å². The van der Waals surface area contributed by atoms with Crippen LogP contribution in [0.3, 0.4) is 0 Å². The lowest BCUT2D eigenvalue weighted by molar-refractivity contribution is -0.122. The van der Waals surface area contributed by atoms with E-state index >= 15 is 0 Å². The first-order valence-electron chi connectivity index (χ1n) is 11.7. The highest BCUT2D eigenvalue weighted by Gasteiger charge is 2.26. The maximum Gasteiger partial charge on any atom is 0.237 e. The number of nitrogens with two attached hydrogens (primary N) is 2. The third kappa shape index (κ3) is 4.98. The summed E-state index contributed by atoms with van der Waals surface area (Å²) in [6.45, 7) is 1.71. The lowest BCUT2D eigenvalue weighted by atomic mass is 9.93. The summed E-state index contributed by atoms with van der Waals surface area (Å²) in [5.74, 6) is -1.70. The first-order chi connectivity index (χ1) is 18.1. The molecule has 4 aromatic rings. The second kappa shape index (κ2) is 9.92. The molecule has 5 N–H and O–H groups in total. The molecule has 38 heavy (non-hydrogen) atoms. The topological polar surface area (TPSA) is 119 Å². The third-order valence-electron chi connectivity index (χ3n) is 6.31. The quantitative estimate of drug-likeness (QED) is 0.326. The molecule has 1 unspecified atom stereocenters. The molecular formula is C28H23ClF2N6O. The number of hydrogen-bond donors (Lipinski definition) is 3. The van der Waals surface area contributed by atoms with Crippen LogP contribution in [0.5, 0.6) is 0 Å². The van der Waals surface area contributed by atoms with E-state index in [9.17, 15) is 13.6 Å². The second-order valence-corrected chi connectivity index (χ2v) is 9.74. The van der Waals surface area contributed by atoms with Crippen molar-refractivity contribution in [3.8, 4) is 11.3 Å². The molecule has 1 aliphatic rings. The van der Waals surface area contributed by atoms with Crippen LogP contribution in [0.4, 0.5) is 20.4 Å². The van der Waals surface area contributed by atoms with Gasteiger partial charge in [0.15, 0.2) is 0 Å². The molecule has 7 nitrogen and oxygen atoms in total. The fourth-order valence-corrected chi connectivity index (χ4v) is 4.44. The predicted molar refractivity (Wildman–Crippen MR) is 143 cm³/mol. The number of carbonyl (C=O) groups is 1. The van der Waals surface area contributed by atoms with Gasteiger partial charge in [0, 0.05) is 33.6 Å². The Morgan fingerprint density at radius 1 is 1.08 bits per heavy atom. The molecule has 1 atom stereocenters. The van der Waals surface area contributed by atoms with Crippen molar-refractivity contribution in [3.63, 3.8) is 0 Å². The fraction of sp³-hybridized carbons (Fsp3) is 0.143. The number of rotatable bonds is 6.